The van der Waals surface area contributed by atoms with Crippen molar-refractivity contribution in [2.75, 3.05) is 24.7 Å². The number of unbranched alkanes of at least 4 members (excludes halogenated alkanes) is 3. The highest BCUT2D eigenvalue weighted by Crippen LogP contribution is 2.30. The fourth-order valence-electron chi connectivity index (χ4n) is 6.15. The van der Waals surface area contributed by atoms with Crippen LogP contribution in [-0.2, 0) is 13.1 Å². The molecule has 2 heterocycles. The van der Waals surface area contributed by atoms with Gasteiger partial charge in [-0.2, -0.15) is 9.13 Å². The van der Waals surface area contributed by atoms with Crippen LogP contribution in [0.4, 0.5) is 11.4 Å². The Morgan fingerprint density at radius 2 is 0.707 bits per heavy atom. The summed E-state index contributed by atoms with van der Waals surface area (Å²) in [5, 5.41) is 12.0. The molecule has 41 heavy (non-hydrogen) atoms. The van der Waals surface area contributed by atoms with E-state index in [0.717, 1.165) is 13.1 Å². The lowest BCUT2D eigenvalue weighted by Gasteiger charge is -2.12. The van der Waals surface area contributed by atoms with Gasteiger partial charge in [-0.1, -0.05) is 48.5 Å². The maximum absolute atomic E-state index is 3.45. The van der Waals surface area contributed by atoms with Gasteiger partial charge in [0.15, 0.2) is 0 Å². The number of hydrogen-bond donors (Lipinski definition) is 2. The lowest BCUT2D eigenvalue weighted by Crippen LogP contribution is -3.00. The number of benzene rings is 4. The summed E-state index contributed by atoms with van der Waals surface area (Å²) < 4.78 is 5.02. The van der Waals surface area contributed by atoms with E-state index in [1.165, 1.54) is 80.7 Å². The van der Waals surface area contributed by atoms with Crippen molar-refractivity contribution in [3.05, 3.63) is 97.1 Å². The van der Waals surface area contributed by atoms with Crippen molar-refractivity contribution < 1.29 is 33.9 Å². The van der Waals surface area contributed by atoms with Gasteiger partial charge in [0, 0.05) is 51.2 Å². The first-order chi connectivity index (χ1) is 18.8. The topological polar surface area (TPSA) is 31.8 Å². The molecule has 4 nitrogen and oxygen atoms in total. The Kier molecular flexibility index (Phi) is 11.4. The maximum Gasteiger partial charge on any atom is 0.215 e. The number of nitrogens with zero attached hydrogens (tertiary/aromatic N) is 2. The lowest BCUT2D eigenvalue weighted by molar-refractivity contribution is -0.647. The van der Waals surface area contributed by atoms with Crippen LogP contribution in [0.5, 0.6) is 0 Å². The third kappa shape index (κ3) is 6.01. The highest BCUT2D eigenvalue weighted by molar-refractivity contribution is 6.05. The molecule has 0 amide bonds. The molecule has 0 saturated carbocycles. The summed E-state index contributed by atoms with van der Waals surface area (Å²) in [6.07, 6.45) is 4.77. The average molecular weight is 608 g/mol. The molecule has 0 spiro atoms. The molecule has 0 aliphatic rings. The van der Waals surface area contributed by atoms with Crippen molar-refractivity contribution in [2.45, 2.75) is 38.8 Å². The van der Waals surface area contributed by atoms with Crippen LogP contribution in [0.25, 0.3) is 43.6 Å². The Hall–Kier alpha value is -3.31. The zero-order chi connectivity index (χ0) is 25.9. The van der Waals surface area contributed by atoms with Crippen molar-refractivity contribution in [3.63, 3.8) is 0 Å². The third-order valence-corrected chi connectivity index (χ3v) is 7.87. The van der Waals surface area contributed by atoms with Crippen molar-refractivity contribution in [1.29, 1.82) is 0 Å². The van der Waals surface area contributed by atoms with E-state index in [9.17, 15) is 0 Å². The van der Waals surface area contributed by atoms with Gasteiger partial charge in [-0.3, -0.25) is 0 Å². The molecular weight excluding hydrogens is 571 g/mol. The molecule has 0 bridgehead atoms. The first-order valence-corrected chi connectivity index (χ1v) is 13.8. The minimum absolute atomic E-state index is 0. The van der Waals surface area contributed by atoms with Gasteiger partial charge in [-0.25, -0.2) is 0 Å². The molecule has 4 aromatic carbocycles. The molecule has 6 aromatic rings. The number of hydrogen-bond acceptors (Lipinski definition) is 2. The smallest absolute Gasteiger partial charge is 0.215 e. The quantitative estimate of drug-likeness (QED) is 0.149. The number of fused-ring (bicyclic) bond motifs is 4. The van der Waals surface area contributed by atoms with Gasteiger partial charge < -0.3 is 35.4 Å². The van der Waals surface area contributed by atoms with Crippen LogP contribution >= 0.6 is 12.4 Å². The van der Waals surface area contributed by atoms with Crippen molar-refractivity contribution >= 4 is 67.4 Å². The summed E-state index contributed by atoms with van der Waals surface area (Å²) in [7, 11) is 4.05. The van der Waals surface area contributed by atoms with E-state index in [-0.39, 0.29) is 37.2 Å². The SMILES string of the molecule is CNc1c2ccccc2[n+](CCCCCC[n+]2c3ccccc3c(NC)c3ccccc32)c2ccccc12.Cl.[Cl-].[Cl-]. The molecular formula is C34H37Cl3N4. The van der Waals surface area contributed by atoms with Crippen LogP contribution in [0, 0.1) is 0 Å². The van der Waals surface area contributed by atoms with Crippen molar-refractivity contribution in [1.82, 2.24) is 0 Å². The predicted octanol–water partition coefficient (Wildman–Crippen LogP) is 1.65. The van der Waals surface area contributed by atoms with Gasteiger partial charge in [0.05, 0.1) is 32.9 Å². The van der Waals surface area contributed by atoms with Gasteiger partial charge >= 0.3 is 0 Å². The van der Waals surface area contributed by atoms with Crippen molar-refractivity contribution in [2.24, 2.45) is 0 Å². The van der Waals surface area contributed by atoms with E-state index < -0.39 is 0 Å². The highest BCUT2D eigenvalue weighted by Gasteiger charge is 2.20. The van der Waals surface area contributed by atoms with Crippen LogP contribution in [0.3, 0.4) is 0 Å². The summed E-state index contributed by atoms with van der Waals surface area (Å²) in [6, 6.07) is 35.1. The summed E-state index contributed by atoms with van der Waals surface area (Å²) in [5.41, 5.74) is 7.63. The standard InChI is InChI=1S/C34H34N4.3ClH/c1-35-33-25-15-5-9-19-29(25)37(30-20-10-6-16-26(30)33)23-13-3-4-14-24-38-31-21-11-7-17-27(31)34(36-2)28-18-8-12-22-32(28)38;;;/h5-12,15-22H,3-4,13-14,23-24H2,1-2H3;3*1H. The van der Waals surface area contributed by atoms with E-state index in [1.54, 1.807) is 0 Å². The molecule has 6 rings (SSSR count). The molecule has 0 aliphatic heterocycles. The summed E-state index contributed by atoms with van der Waals surface area (Å²) in [6.45, 7) is 2.06. The minimum atomic E-state index is 0. The van der Waals surface area contributed by atoms with Crippen LogP contribution in [0.2, 0.25) is 0 Å². The monoisotopic (exact) mass is 606 g/mol. The largest absolute Gasteiger partial charge is 1.00 e. The van der Waals surface area contributed by atoms with Gasteiger partial charge in [0.2, 0.25) is 22.1 Å². The Morgan fingerprint density at radius 1 is 0.439 bits per heavy atom. The summed E-state index contributed by atoms with van der Waals surface area (Å²) >= 11 is 0. The van der Waals surface area contributed by atoms with Crippen LogP contribution < -0.4 is 44.6 Å². The third-order valence-electron chi connectivity index (χ3n) is 7.87. The number of pyridine rings is 2. The molecule has 214 valence electrons. The fourth-order valence-corrected chi connectivity index (χ4v) is 6.15. The Morgan fingerprint density at radius 3 is 0.976 bits per heavy atom. The second-order valence-corrected chi connectivity index (χ2v) is 10.0. The molecule has 7 heteroatoms. The van der Waals surface area contributed by atoms with Gasteiger partial charge in [-0.15, -0.1) is 12.4 Å². The Bertz CT molecular complexity index is 1530. The molecule has 2 aromatic heterocycles. The van der Waals surface area contributed by atoms with Crippen LogP contribution in [0.1, 0.15) is 25.7 Å². The zero-order valence-corrected chi connectivity index (χ0v) is 25.9. The normalized spacial score (nSPS) is 10.7. The van der Waals surface area contributed by atoms with Gasteiger partial charge in [-0.05, 0) is 37.1 Å². The van der Waals surface area contributed by atoms with E-state index in [0.29, 0.717) is 0 Å². The minimum Gasteiger partial charge on any atom is -1.00 e. The highest BCUT2D eigenvalue weighted by atomic mass is 35.5. The number of nitrogens with one attached hydrogen (secondary N) is 2. The molecule has 0 atom stereocenters. The van der Waals surface area contributed by atoms with E-state index >= 15 is 0 Å². The van der Waals surface area contributed by atoms with Crippen molar-refractivity contribution in [3.8, 4) is 0 Å². The van der Waals surface area contributed by atoms with E-state index in [4.69, 9.17) is 0 Å². The first kappa shape index (κ1) is 32.2. The second kappa shape index (κ2) is 14.5. The number of rotatable bonds is 9. The number of anilines is 2. The molecule has 0 radical (unpaired) electrons. The lowest BCUT2D eigenvalue weighted by atomic mass is 10.1. The molecule has 0 unspecified atom stereocenters. The molecule has 0 saturated heterocycles. The van der Waals surface area contributed by atoms with Gasteiger partial charge in [0.25, 0.3) is 0 Å². The number of aryl methyl sites for hydroxylation is 2. The predicted molar refractivity (Wildman–Crippen MR) is 168 cm³/mol. The summed E-state index contributed by atoms with van der Waals surface area (Å²) in [4.78, 5) is 0. The van der Waals surface area contributed by atoms with Crippen LogP contribution in [0.15, 0.2) is 97.1 Å². The summed E-state index contributed by atoms with van der Waals surface area (Å²) in [5.74, 6) is 0. The molecule has 0 fully saturated rings. The maximum atomic E-state index is 3.45. The molecule has 0 aliphatic carbocycles. The second-order valence-electron chi connectivity index (χ2n) is 10.0. The number of para-hydroxylation sites is 4. The fraction of sp³-hybridized carbons (Fsp3) is 0.235. The van der Waals surface area contributed by atoms with Crippen LogP contribution in [-0.4, -0.2) is 14.1 Å². The number of aromatic nitrogens is 2. The van der Waals surface area contributed by atoms with E-state index in [1.807, 2.05) is 14.1 Å². The first-order valence-electron chi connectivity index (χ1n) is 13.8. The van der Waals surface area contributed by atoms with E-state index in [2.05, 4.69) is 117 Å². The average Bonchev–Trinajstić information content (AvgIpc) is 2.98. The Labute approximate surface area is 261 Å². The number of halogens is 3. The van der Waals surface area contributed by atoms with Gasteiger partial charge in [0.1, 0.15) is 13.1 Å². The zero-order valence-electron chi connectivity index (χ0n) is 23.5. The Balaban J connectivity index is 0.00000154. The molecule has 2 N–H and O–H groups in total.